The Hall–Kier alpha value is -0.341. The van der Waals surface area contributed by atoms with Crippen LogP contribution < -0.4 is 0 Å². The van der Waals surface area contributed by atoms with Crippen molar-refractivity contribution in [1.82, 2.24) is 4.90 Å². The van der Waals surface area contributed by atoms with Gasteiger partial charge in [0.25, 0.3) is 0 Å². The van der Waals surface area contributed by atoms with Gasteiger partial charge in [0.1, 0.15) is 0 Å². The van der Waals surface area contributed by atoms with Gasteiger partial charge >= 0.3 is 161 Å². The molecule has 1 aromatic rings. The van der Waals surface area contributed by atoms with E-state index in [4.69, 9.17) is 4.74 Å². The first-order chi connectivity index (χ1) is 12.1. The monoisotopic (exact) mass is 404 g/mol. The van der Waals surface area contributed by atoms with E-state index in [9.17, 15) is 0 Å². The van der Waals surface area contributed by atoms with Gasteiger partial charge in [0.2, 0.25) is 0 Å². The van der Waals surface area contributed by atoms with Crippen LogP contribution in [0.2, 0.25) is 4.82 Å². The van der Waals surface area contributed by atoms with E-state index in [0.717, 1.165) is 6.42 Å². The average molecular weight is 403 g/mol. The van der Waals surface area contributed by atoms with E-state index < -0.39 is 0 Å². The van der Waals surface area contributed by atoms with E-state index in [1.165, 1.54) is 30.7 Å². The maximum atomic E-state index is 6.28. The zero-order chi connectivity index (χ0) is 17.9. The number of methoxy groups -OCH3 is 1. The molecule has 25 heavy (non-hydrogen) atoms. The van der Waals surface area contributed by atoms with Gasteiger partial charge in [0.15, 0.2) is 0 Å². The second-order valence-electron chi connectivity index (χ2n) is 7.30. The Kier molecular flexibility index (Phi) is 6.65. The average Bonchev–Trinajstić information content (AvgIpc) is 3.10. The van der Waals surface area contributed by atoms with Gasteiger partial charge in [-0.2, -0.15) is 0 Å². The van der Waals surface area contributed by atoms with Crippen LogP contribution in [0.1, 0.15) is 38.2 Å². The quantitative estimate of drug-likeness (QED) is 0.658. The molecule has 0 unspecified atom stereocenters. The normalized spacial score (nSPS) is 30.0. The van der Waals surface area contributed by atoms with Gasteiger partial charge in [-0.1, -0.05) is 0 Å². The second kappa shape index (κ2) is 8.57. The molecule has 0 aliphatic heterocycles. The van der Waals surface area contributed by atoms with Crippen molar-refractivity contribution in [2.24, 2.45) is 0 Å². The van der Waals surface area contributed by atoms with Crippen molar-refractivity contribution in [3.05, 3.63) is 65.9 Å². The summed E-state index contributed by atoms with van der Waals surface area (Å²) in [5.41, 5.74) is 1.24. The second-order valence-corrected chi connectivity index (χ2v) is 9.91. The molecule has 2 fully saturated rings. The molecular formula is C22H30NOSe. The molecule has 0 heterocycles. The third-order valence-electron chi connectivity index (χ3n) is 5.71. The molecule has 0 N–H and O–H groups in total. The van der Waals surface area contributed by atoms with Gasteiger partial charge in [0, 0.05) is 0 Å². The van der Waals surface area contributed by atoms with Crippen molar-refractivity contribution in [2.75, 3.05) is 21.2 Å². The molecule has 0 bridgehead atoms. The molecule has 0 aromatic heterocycles. The fraction of sp³-hybridized carbons (Fsp3) is 0.500. The van der Waals surface area contributed by atoms with Crippen molar-refractivity contribution < 1.29 is 4.74 Å². The third-order valence-corrected chi connectivity index (χ3v) is 8.92. The predicted octanol–water partition coefficient (Wildman–Crippen LogP) is 4.28. The van der Waals surface area contributed by atoms with Crippen LogP contribution in [0.15, 0.2) is 30.3 Å². The summed E-state index contributed by atoms with van der Waals surface area (Å²) >= 11 is 0.412. The molecule has 3 atom stereocenters. The molecular weight excluding hydrogens is 373 g/mol. The van der Waals surface area contributed by atoms with Crippen LogP contribution in [0.4, 0.5) is 0 Å². The molecule has 2 aliphatic carbocycles. The first-order valence-corrected chi connectivity index (χ1v) is 11.1. The van der Waals surface area contributed by atoms with Crippen LogP contribution in [0.25, 0.3) is 0 Å². The fourth-order valence-electron chi connectivity index (χ4n) is 3.97. The predicted molar refractivity (Wildman–Crippen MR) is 106 cm³/mol. The van der Waals surface area contributed by atoms with E-state index in [1.807, 2.05) is 7.11 Å². The molecule has 2 saturated carbocycles. The summed E-state index contributed by atoms with van der Waals surface area (Å²) in [5, 5.41) is 0. The zero-order valence-corrected chi connectivity index (χ0v) is 17.6. The maximum absolute atomic E-state index is 6.28. The van der Waals surface area contributed by atoms with Crippen LogP contribution in [0, 0.1) is 30.0 Å². The van der Waals surface area contributed by atoms with Gasteiger partial charge in [-0.05, 0) is 0 Å². The van der Waals surface area contributed by atoms with E-state index in [2.05, 4.69) is 75.5 Å². The molecule has 135 valence electrons. The first-order valence-electron chi connectivity index (χ1n) is 9.28. The van der Waals surface area contributed by atoms with Gasteiger partial charge < -0.3 is 0 Å². The Bertz CT molecular complexity index is 534. The molecule has 0 spiro atoms. The van der Waals surface area contributed by atoms with Crippen molar-refractivity contribution in [3.8, 4) is 0 Å². The minimum absolute atomic E-state index is 0.116. The van der Waals surface area contributed by atoms with Crippen molar-refractivity contribution >= 4 is 15.0 Å². The summed E-state index contributed by atoms with van der Waals surface area (Å²) in [6.45, 7) is 2.30. The van der Waals surface area contributed by atoms with Gasteiger partial charge in [-0.15, -0.1) is 0 Å². The number of hydrogen-bond donors (Lipinski definition) is 0. The number of nitrogens with zero attached hydrogens (tertiary/aromatic N) is 1. The van der Waals surface area contributed by atoms with Gasteiger partial charge in [0.05, 0.1) is 0 Å². The number of ether oxygens (including phenoxy) is 1. The van der Waals surface area contributed by atoms with Gasteiger partial charge in [-0.3, -0.25) is 0 Å². The van der Waals surface area contributed by atoms with Crippen LogP contribution in [0.5, 0.6) is 0 Å². The Morgan fingerprint density at radius 2 is 1.92 bits per heavy atom. The Morgan fingerprint density at radius 1 is 1.16 bits per heavy atom. The van der Waals surface area contributed by atoms with Crippen molar-refractivity contribution in [1.29, 1.82) is 0 Å². The zero-order valence-electron chi connectivity index (χ0n) is 15.9. The van der Waals surface area contributed by atoms with Crippen LogP contribution in [0.3, 0.4) is 0 Å². The summed E-state index contributed by atoms with van der Waals surface area (Å²) in [6, 6.07) is 11.4. The Labute approximate surface area is 160 Å². The summed E-state index contributed by atoms with van der Waals surface area (Å²) in [4.78, 5) is 4.45. The number of hydrogen-bond acceptors (Lipinski definition) is 2. The van der Waals surface area contributed by atoms with Crippen molar-refractivity contribution in [2.45, 2.75) is 49.1 Å². The summed E-state index contributed by atoms with van der Waals surface area (Å²) < 4.78 is 6.28. The molecule has 2 nitrogen and oxygen atoms in total. The third kappa shape index (κ3) is 4.00. The van der Waals surface area contributed by atoms with Crippen LogP contribution in [-0.4, -0.2) is 47.1 Å². The van der Waals surface area contributed by atoms with E-state index in [1.54, 1.807) is 4.82 Å². The number of rotatable bonds is 6. The summed E-state index contributed by atoms with van der Waals surface area (Å²) in [5.74, 6) is 1.49. The van der Waals surface area contributed by atoms with E-state index in [-0.39, 0.29) is 5.60 Å². The molecule has 5 radical (unpaired) electrons. The molecule has 0 amide bonds. The Morgan fingerprint density at radius 3 is 2.60 bits per heavy atom. The standard InChI is InChI=1S/C22H30NOSe/c1-17(23(2)3)19-13-10-14-20(19)25-21-15-8-9-16-22(21,24-4)18-11-6-5-7-12-18/h5-7,10-14,17,21H,8-9,15-16H2,1-4H3/t17-,21+,22-/m1/s1. The van der Waals surface area contributed by atoms with Crippen molar-refractivity contribution in [3.63, 3.8) is 0 Å². The minimum atomic E-state index is -0.116. The van der Waals surface area contributed by atoms with Gasteiger partial charge in [-0.25, -0.2) is 0 Å². The van der Waals surface area contributed by atoms with Crippen LogP contribution >= 0.6 is 0 Å². The summed E-state index contributed by atoms with van der Waals surface area (Å²) in [6.07, 6.45) is 11.9. The number of benzene rings is 1. The molecule has 3 heteroatoms. The van der Waals surface area contributed by atoms with E-state index >= 15 is 0 Å². The van der Waals surface area contributed by atoms with Crippen LogP contribution in [-0.2, 0) is 10.3 Å². The molecule has 2 aliphatic rings. The molecule has 1 aromatic carbocycles. The summed E-state index contributed by atoms with van der Waals surface area (Å²) in [7, 11) is 6.24. The molecule has 0 saturated heterocycles. The topological polar surface area (TPSA) is 12.5 Å². The molecule has 3 rings (SSSR count). The Balaban J connectivity index is 1.81. The van der Waals surface area contributed by atoms with E-state index in [0.29, 0.717) is 25.8 Å². The fourth-order valence-corrected chi connectivity index (χ4v) is 7.46. The SMILES string of the molecule is CO[C@@]1(c2ccccc2)CCCC[C@@H]1[Se][C]1[CH][CH][CH][C]1[C@@H](C)N(C)C. The first kappa shape index (κ1) is 19.4.